The van der Waals surface area contributed by atoms with E-state index in [1.54, 1.807) is 53.6 Å². The van der Waals surface area contributed by atoms with Crippen LogP contribution in [0.3, 0.4) is 0 Å². The van der Waals surface area contributed by atoms with Gasteiger partial charge < -0.3 is 15.0 Å². The molecular formula is C18H14N4O4S. The second kappa shape index (κ2) is 6.29. The normalized spacial score (nSPS) is 15.0. The first-order valence-corrected chi connectivity index (χ1v) is 9.39. The van der Waals surface area contributed by atoms with Gasteiger partial charge in [-0.25, -0.2) is 13.4 Å². The molecule has 3 aromatic rings. The molecule has 27 heavy (non-hydrogen) atoms. The third-order valence-electron chi connectivity index (χ3n) is 4.06. The molecule has 4 rings (SSSR count). The summed E-state index contributed by atoms with van der Waals surface area (Å²) in [6.45, 7) is 0. The van der Waals surface area contributed by atoms with E-state index in [0.29, 0.717) is 5.69 Å². The average molecular weight is 382 g/mol. The van der Waals surface area contributed by atoms with Crippen molar-refractivity contribution < 1.29 is 18.3 Å². The van der Waals surface area contributed by atoms with Crippen LogP contribution < -0.4 is 10.0 Å². The topological polar surface area (TPSA) is 113 Å². The molecular weight excluding hydrogens is 368 g/mol. The number of fused-ring (bicyclic) bond motifs is 1. The zero-order valence-electron chi connectivity index (χ0n) is 13.8. The number of aliphatic hydroxyl groups is 1. The number of carbonyl (C=O) groups excluding carboxylic acids is 1. The van der Waals surface area contributed by atoms with Crippen LogP contribution >= 0.6 is 0 Å². The van der Waals surface area contributed by atoms with Gasteiger partial charge in [0, 0.05) is 29.3 Å². The van der Waals surface area contributed by atoms with Crippen molar-refractivity contribution in [1.29, 1.82) is 0 Å². The van der Waals surface area contributed by atoms with Gasteiger partial charge in [-0.1, -0.05) is 12.1 Å². The Labute approximate surface area is 154 Å². The first-order chi connectivity index (χ1) is 13.0. The van der Waals surface area contributed by atoms with Gasteiger partial charge in [0.1, 0.15) is 0 Å². The molecule has 1 aliphatic heterocycles. The summed E-state index contributed by atoms with van der Waals surface area (Å²) in [6, 6.07) is 12.8. The summed E-state index contributed by atoms with van der Waals surface area (Å²) in [5.41, 5.74) is 0.950. The van der Waals surface area contributed by atoms with Crippen LogP contribution in [0.2, 0.25) is 0 Å². The van der Waals surface area contributed by atoms with Crippen LogP contribution in [0.1, 0.15) is 5.56 Å². The summed E-state index contributed by atoms with van der Waals surface area (Å²) in [7, 11) is -3.94. The number of nitrogens with one attached hydrogen (secondary N) is 2. The monoisotopic (exact) mass is 382 g/mol. The first-order valence-electron chi connectivity index (χ1n) is 7.91. The fourth-order valence-electron chi connectivity index (χ4n) is 2.75. The minimum atomic E-state index is -3.94. The molecule has 0 saturated carbocycles. The van der Waals surface area contributed by atoms with Crippen molar-refractivity contribution in [2.75, 3.05) is 5.32 Å². The lowest BCUT2D eigenvalue weighted by Crippen LogP contribution is -2.35. The summed E-state index contributed by atoms with van der Waals surface area (Å²) in [5, 5.41) is 12.9. The smallest absolute Gasteiger partial charge is 0.276 e. The molecule has 0 fully saturated rings. The van der Waals surface area contributed by atoms with Gasteiger partial charge in [-0.05, 0) is 36.4 Å². The number of hydrogen-bond acceptors (Lipinski definition) is 5. The van der Waals surface area contributed by atoms with E-state index in [0.717, 1.165) is 5.69 Å². The molecule has 0 saturated heterocycles. The van der Waals surface area contributed by atoms with Crippen molar-refractivity contribution in [2.24, 2.45) is 0 Å². The molecule has 0 aliphatic carbocycles. The van der Waals surface area contributed by atoms with Crippen LogP contribution in [0.15, 0.2) is 77.8 Å². The van der Waals surface area contributed by atoms with E-state index in [1.165, 1.54) is 18.2 Å². The summed E-state index contributed by atoms with van der Waals surface area (Å²) in [4.78, 5) is 16.4. The molecule has 1 aliphatic rings. The molecule has 136 valence electrons. The van der Waals surface area contributed by atoms with E-state index >= 15 is 0 Å². The molecule has 9 heteroatoms. The SMILES string of the molecule is O=C(Nc1ccc(-n2ccnc2)cc1)C1=C(O)c2ccccc2S(=O)(=O)N1. The number of benzene rings is 2. The number of hydrogen-bond donors (Lipinski definition) is 3. The fourth-order valence-corrected chi connectivity index (χ4v) is 4.03. The van der Waals surface area contributed by atoms with Gasteiger partial charge in [-0.15, -0.1) is 0 Å². The third-order valence-corrected chi connectivity index (χ3v) is 5.47. The standard InChI is InChI=1S/C18H14N4O4S/c23-17-14-3-1-2-4-15(14)27(25,26)21-16(17)18(24)20-12-5-7-13(8-6-12)22-10-9-19-11-22/h1-11,21,23H,(H,20,24). The van der Waals surface area contributed by atoms with Crippen molar-refractivity contribution in [1.82, 2.24) is 14.3 Å². The van der Waals surface area contributed by atoms with E-state index in [-0.39, 0.29) is 10.5 Å². The zero-order chi connectivity index (χ0) is 19.0. The van der Waals surface area contributed by atoms with Gasteiger partial charge in [-0.3, -0.25) is 9.52 Å². The lowest BCUT2D eigenvalue weighted by atomic mass is 10.1. The number of rotatable bonds is 3. The Hall–Kier alpha value is -3.59. The van der Waals surface area contributed by atoms with Gasteiger partial charge in [0.15, 0.2) is 11.5 Å². The Morgan fingerprint density at radius 2 is 1.85 bits per heavy atom. The van der Waals surface area contributed by atoms with E-state index in [2.05, 4.69) is 15.0 Å². The quantitative estimate of drug-likeness (QED) is 0.641. The molecule has 2 aromatic carbocycles. The molecule has 8 nitrogen and oxygen atoms in total. The number of nitrogens with zero attached hydrogens (tertiary/aromatic N) is 2. The number of anilines is 1. The van der Waals surface area contributed by atoms with Gasteiger partial charge in [0.2, 0.25) is 0 Å². The highest BCUT2D eigenvalue weighted by atomic mass is 32.2. The summed E-state index contributed by atoms with van der Waals surface area (Å²) in [6.07, 6.45) is 5.08. The van der Waals surface area contributed by atoms with Crippen LogP contribution in [0, 0.1) is 0 Å². The van der Waals surface area contributed by atoms with Crippen molar-refractivity contribution in [3.8, 4) is 5.69 Å². The number of imidazole rings is 1. The zero-order valence-corrected chi connectivity index (χ0v) is 14.6. The molecule has 1 aromatic heterocycles. The highest BCUT2D eigenvalue weighted by Crippen LogP contribution is 2.29. The maximum atomic E-state index is 12.5. The molecule has 2 heterocycles. The lowest BCUT2D eigenvalue weighted by Gasteiger charge is -2.21. The molecule has 0 radical (unpaired) electrons. The van der Waals surface area contributed by atoms with Crippen LogP contribution in [-0.2, 0) is 14.8 Å². The second-order valence-electron chi connectivity index (χ2n) is 5.80. The minimum Gasteiger partial charge on any atom is -0.505 e. The highest BCUT2D eigenvalue weighted by Gasteiger charge is 2.32. The minimum absolute atomic E-state index is 0.0799. The van der Waals surface area contributed by atoms with Crippen LogP contribution in [0.25, 0.3) is 11.4 Å². The summed E-state index contributed by atoms with van der Waals surface area (Å²) in [5.74, 6) is -1.19. The van der Waals surface area contributed by atoms with Crippen molar-refractivity contribution in [2.45, 2.75) is 4.90 Å². The molecule has 3 N–H and O–H groups in total. The largest absolute Gasteiger partial charge is 0.505 e. The Morgan fingerprint density at radius 3 is 2.56 bits per heavy atom. The Kier molecular flexibility index (Phi) is 3.93. The van der Waals surface area contributed by atoms with E-state index < -0.39 is 27.4 Å². The van der Waals surface area contributed by atoms with Crippen molar-refractivity contribution in [3.63, 3.8) is 0 Å². The molecule has 0 atom stereocenters. The average Bonchev–Trinajstić information content (AvgIpc) is 3.20. The maximum Gasteiger partial charge on any atom is 0.276 e. The highest BCUT2D eigenvalue weighted by molar-refractivity contribution is 7.89. The summed E-state index contributed by atoms with van der Waals surface area (Å²) < 4.78 is 28.6. The third kappa shape index (κ3) is 3.04. The number of sulfonamides is 1. The van der Waals surface area contributed by atoms with E-state index in [1.807, 2.05) is 0 Å². The van der Waals surface area contributed by atoms with Gasteiger partial charge >= 0.3 is 0 Å². The van der Waals surface area contributed by atoms with Crippen LogP contribution in [0.5, 0.6) is 0 Å². The summed E-state index contributed by atoms with van der Waals surface area (Å²) >= 11 is 0. The molecule has 0 unspecified atom stereocenters. The Bertz CT molecular complexity index is 1150. The van der Waals surface area contributed by atoms with E-state index in [9.17, 15) is 18.3 Å². The van der Waals surface area contributed by atoms with Crippen molar-refractivity contribution >= 4 is 27.4 Å². The lowest BCUT2D eigenvalue weighted by molar-refractivity contribution is -0.113. The molecule has 0 bridgehead atoms. The van der Waals surface area contributed by atoms with E-state index in [4.69, 9.17) is 0 Å². The fraction of sp³-hybridized carbons (Fsp3) is 0. The molecule has 1 amide bonds. The predicted octanol–water partition coefficient (Wildman–Crippen LogP) is 2.03. The maximum absolute atomic E-state index is 12.5. The first kappa shape index (κ1) is 16.9. The Morgan fingerprint density at radius 1 is 1.11 bits per heavy atom. The number of amides is 1. The predicted molar refractivity (Wildman–Crippen MR) is 98.5 cm³/mol. The second-order valence-corrected chi connectivity index (χ2v) is 7.45. The van der Waals surface area contributed by atoms with Gasteiger partial charge in [0.05, 0.1) is 11.2 Å². The van der Waals surface area contributed by atoms with Crippen LogP contribution in [-0.4, -0.2) is 29.0 Å². The molecule has 0 spiro atoms. The van der Waals surface area contributed by atoms with Gasteiger partial charge in [-0.2, -0.15) is 0 Å². The van der Waals surface area contributed by atoms with Gasteiger partial charge in [0.25, 0.3) is 15.9 Å². The number of carbonyl (C=O) groups is 1. The van der Waals surface area contributed by atoms with Crippen LogP contribution in [0.4, 0.5) is 5.69 Å². The number of aliphatic hydroxyl groups excluding tert-OH is 1. The number of aromatic nitrogens is 2. The Balaban J connectivity index is 1.62. The van der Waals surface area contributed by atoms with Crippen molar-refractivity contribution in [3.05, 3.63) is 78.5 Å².